The highest BCUT2D eigenvalue weighted by Gasteiger charge is 2.03. The normalized spacial score (nSPS) is 14.1. The fourth-order valence-corrected chi connectivity index (χ4v) is 1.91. The third-order valence-electron chi connectivity index (χ3n) is 2.79. The SMILES string of the molecule is C=C=C(CC1=CCCC=C1)c1ccccc1. The molecule has 1 aliphatic carbocycles. The molecule has 0 heterocycles. The van der Waals surface area contributed by atoms with E-state index in [1.807, 2.05) is 6.07 Å². The van der Waals surface area contributed by atoms with E-state index in [4.69, 9.17) is 0 Å². The second-order valence-electron chi connectivity index (χ2n) is 3.96. The fourth-order valence-electron chi connectivity index (χ4n) is 1.91. The molecule has 0 heteroatoms. The van der Waals surface area contributed by atoms with Gasteiger partial charge in [-0.15, -0.1) is 5.73 Å². The van der Waals surface area contributed by atoms with Crippen molar-refractivity contribution >= 4 is 5.57 Å². The quantitative estimate of drug-likeness (QED) is 0.640. The molecule has 0 radical (unpaired) electrons. The van der Waals surface area contributed by atoms with Crippen molar-refractivity contribution in [1.29, 1.82) is 0 Å². The van der Waals surface area contributed by atoms with Gasteiger partial charge in [-0.1, -0.05) is 55.1 Å². The highest BCUT2D eigenvalue weighted by molar-refractivity contribution is 5.67. The Bertz CT molecular complexity index is 454. The van der Waals surface area contributed by atoms with Gasteiger partial charge < -0.3 is 0 Å². The van der Waals surface area contributed by atoms with Gasteiger partial charge >= 0.3 is 0 Å². The van der Waals surface area contributed by atoms with Crippen LogP contribution < -0.4 is 0 Å². The van der Waals surface area contributed by atoms with Gasteiger partial charge in [0.1, 0.15) is 0 Å². The van der Waals surface area contributed by atoms with Gasteiger partial charge in [0, 0.05) is 12.0 Å². The van der Waals surface area contributed by atoms with Crippen LogP contribution in [0.15, 0.2) is 66.4 Å². The standard InChI is InChI=1S/C16H16/c1-2-15(16-11-7-4-8-12-16)13-14-9-5-3-6-10-14/h4-5,7-12H,1,3,6,13H2. The van der Waals surface area contributed by atoms with Crippen LogP contribution >= 0.6 is 0 Å². The molecule has 0 saturated carbocycles. The summed E-state index contributed by atoms with van der Waals surface area (Å²) in [6.07, 6.45) is 10.0. The number of hydrogen-bond donors (Lipinski definition) is 0. The van der Waals surface area contributed by atoms with E-state index in [1.165, 1.54) is 23.1 Å². The Balaban J connectivity index is 2.17. The summed E-state index contributed by atoms with van der Waals surface area (Å²) >= 11 is 0. The minimum Gasteiger partial charge on any atom is -0.124 e. The molecule has 0 aliphatic heterocycles. The largest absolute Gasteiger partial charge is 0.124 e. The number of rotatable bonds is 3. The number of allylic oxidation sites excluding steroid dienone is 5. The molecule has 0 amide bonds. The predicted octanol–water partition coefficient (Wildman–Crippen LogP) is 4.52. The maximum Gasteiger partial charge on any atom is 0.00504 e. The molecule has 0 unspecified atom stereocenters. The molecule has 1 aromatic carbocycles. The lowest BCUT2D eigenvalue weighted by atomic mass is 9.96. The van der Waals surface area contributed by atoms with Crippen molar-refractivity contribution in [1.82, 2.24) is 0 Å². The van der Waals surface area contributed by atoms with Crippen LogP contribution in [0.1, 0.15) is 24.8 Å². The number of benzene rings is 1. The third kappa shape index (κ3) is 2.62. The van der Waals surface area contributed by atoms with Gasteiger partial charge in [-0.05, 0) is 24.0 Å². The second-order valence-corrected chi connectivity index (χ2v) is 3.96. The first-order valence-electron chi connectivity index (χ1n) is 5.70. The molecular weight excluding hydrogens is 192 g/mol. The Labute approximate surface area is 97.3 Å². The van der Waals surface area contributed by atoms with Crippen LogP contribution in [0.3, 0.4) is 0 Å². The van der Waals surface area contributed by atoms with Crippen LogP contribution in [0.2, 0.25) is 0 Å². The molecule has 0 nitrogen and oxygen atoms in total. The first-order chi connectivity index (χ1) is 7.90. The molecule has 0 atom stereocenters. The minimum absolute atomic E-state index is 0.935. The predicted molar refractivity (Wildman–Crippen MR) is 70.1 cm³/mol. The maximum absolute atomic E-state index is 3.79. The zero-order chi connectivity index (χ0) is 11.2. The summed E-state index contributed by atoms with van der Waals surface area (Å²) in [4.78, 5) is 0. The van der Waals surface area contributed by atoms with E-state index in [0.717, 1.165) is 12.8 Å². The van der Waals surface area contributed by atoms with Gasteiger partial charge in [-0.3, -0.25) is 0 Å². The summed E-state index contributed by atoms with van der Waals surface area (Å²) in [6, 6.07) is 10.4. The van der Waals surface area contributed by atoms with Crippen LogP contribution in [0.5, 0.6) is 0 Å². The smallest absolute Gasteiger partial charge is 0.00504 e. The van der Waals surface area contributed by atoms with Gasteiger partial charge in [-0.25, -0.2) is 0 Å². The molecule has 0 N–H and O–H groups in total. The Morgan fingerprint density at radius 2 is 2.00 bits per heavy atom. The summed E-state index contributed by atoms with van der Waals surface area (Å²) in [5, 5.41) is 0. The van der Waals surface area contributed by atoms with E-state index in [-0.39, 0.29) is 0 Å². The van der Waals surface area contributed by atoms with Crippen molar-refractivity contribution in [2.75, 3.05) is 0 Å². The second kappa shape index (κ2) is 5.34. The highest BCUT2D eigenvalue weighted by Crippen LogP contribution is 2.24. The molecule has 0 saturated heterocycles. The molecule has 0 spiro atoms. The summed E-state index contributed by atoms with van der Waals surface area (Å²) in [5.41, 5.74) is 6.83. The van der Waals surface area contributed by atoms with Crippen molar-refractivity contribution in [2.24, 2.45) is 0 Å². The van der Waals surface area contributed by atoms with E-state index in [2.05, 4.69) is 54.8 Å². The Kier molecular flexibility index (Phi) is 3.58. The van der Waals surface area contributed by atoms with Crippen LogP contribution in [-0.2, 0) is 0 Å². The molecule has 16 heavy (non-hydrogen) atoms. The van der Waals surface area contributed by atoms with Crippen LogP contribution in [0, 0.1) is 0 Å². The molecule has 1 aliphatic rings. The van der Waals surface area contributed by atoms with Crippen molar-refractivity contribution in [3.63, 3.8) is 0 Å². The molecule has 1 aromatic rings. The van der Waals surface area contributed by atoms with Crippen LogP contribution in [-0.4, -0.2) is 0 Å². The lowest BCUT2D eigenvalue weighted by Crippen LogP contribution is -1.89. The van der Waals surface area contributed by atoms with Gasteiger partial charge in [-0.2, -0.15) is 0 Å². The lowest BCUT2D eigenvalue weighted by Gasteiger charge is -2.09. The Morgan fingerprint density at radius 3 is 2.62 bits per heavy atom. The summed E-state index contributed by atoms with van der Waals surface area (Å²) in [7, 11) is 0. The van der Waals surface area contributed by atoms with Gasteiger partial charge in [0.25, 0.3) is 0 Å². The molecule has 0 aromatic heterocycles. The van der Waals surface area contributed by atoms with E-state index in [0.29, 0.717) is 0 Å². The average Bonchev–Trinajstić information content (AvgIpc) is 2.38. The lowest BCUT2D eigenvalue weighted by molar-refractivity contribution is 1.00. The molecular formula is C16H16. The van der Waals surface area contributed by atoms with Crippen molar-refractivity contribution in [3.05, 3.63) is 72.0 Å². The van der Waals surface area contributed by atoms with E-state index >= 15 is 0 Å². The Hall–Kier alpha value is -1.78. The first-order valence-corrected chi connectivity index (χ1v) is 5.70. The number of hydrogen-bond acceptors (Lipinski definition) is 0. The first kappa shape index (κ1) is 10.7. The van der Waals surface area contributed by atoms with Crippen molar-refractivity contribution in [3.8, 4) is 0 Å². The zero-order valence-electron chi connectivity index (χ0n) is 9.45. The monoisotopic (exact) mass is 208 g/mol. The summed E-state index contributed by atoms with van der Waals surface area (Å²) in [5.74, 6) is 0. The zero-order valence-corrected chi connectivity index (χ0v) is 9.45. The molecule has 0 bridgehead atoms. The molecule has 0 fully saturated rings. The van der Waals surface area contributed by atoms with E-state index in [9.17, 15) is 0 Å². The minimum atomic E-state index is 0.935. The highest BCUT2D eigenvalue weighted by atomic mass is 14.1. The van der Waals surface area contributed by atoms with Gasteiger partial charge in [0.15, 0.2) is 0 Å². The molecule has 2 rings (SSSR count). The third-order valence-corrected chi connectivity index (χ3v) is 2.79. The summed E-state index contributed by atoms with van der Waals surface area (Å²) in [6.45, 7) is 3.79. The van der Waals surface area contributed by atoms with Crippen LogP contribution in [0.25, 0.3) is 5.57 Å². The summed E-state index contributed by atoms with van der Waals surface area (Å²) < 4.78 is 0. The maximum atomic E-state index is 3.79. The van der Waals surface area contributed by atoms with E-state index in [1.54, 1.807) is 0 Å². The fraction of sp³-hybridized carbons (Fsp3) is 0.188. The van der Waals surface area contributed by atoms with Crippen molar-refractivity contribution in [2.45, 2.75) is 19.3 Å². The Morgan fingerprint density at radius 1 is 1.19 bits per heavy atom. The average molecular weight is 208 g/mol. The van der Waals surface area contributed by atoms with Gasteiger partial charge in [0.2, 0.25) is 0 Å². The van der Waals surface area contributed by atoms with E-state index < -0.39 is 0 Å². The van der Waals surface area contributed by atoms with Crippen molar-refractivity contribution < 1.29 is 0 Å². The van der Waals surface area contributed by atoms with Gasteiger partial charge in [0.05, 0.1) is 0 Å². The molecule has 80 valence electrons. The topological polar surface area (TPSA) is 0 Å². The van der Waals surface area contributed by atoms with Crippen LogP contribution in [0.4, 0.5) is 0 Å².